The molecule has 3 atom stereocenters. The summed E-state index contributed by atoms with van der Waals surface area (Å²) < 4.78 is 0. The molecule has 1 aliphatic rings. The Balaban J connectivity index is -0.000000208. The number of rotatable bonds is 1. The molecule has 0 saturated heterocycles. The Kier molecular flexibility index (Phi) is 22.3. The number of hydrogen-bond acceptors (Lipinski definition) is 1. The molecule has 0 heterocycles. The smallest absolute Gasteiger partial charge is 0.00928 e. The van der Waals surface area contributed by atoms with Crippen molar-refractivity contribution in [2.45, 2.75) is 80.7 Å². The second-order valence-electron chi connectivity index (χ2n) is 3.30. The standard InChI is InChI=1S/C8H17N.3C2H6/c1-3-7-5-4-6(2)8(7)9;3*1-2/h6-8H,3-5,9H2,1-2H3;3*1-2H3. The summed E-state index contributed by atoms with van der Waals surface area (Å²) in [6.45, 7) is 16.5. The van der Waals surface area contributed by atoms with Gasteiger partial charge in [0.25, 0.3) is 0 Å². The molecule has 1 saturated carbocycles. The van der Waals surface area contributed by atoms with E-state index in [2.05, 4.69) is 13.8 Å². The van der Waals surface area contributed by atoms with E-state index in [4.69, 9.17) is 5.73 Å². The molecule has 1 heteroatoms. The topological polar surface area (TPSA) is 26.0 Å². The van der Waals surface area contributed by atoms with Gasteiger partial charge in [0.15, 0.2) is 0 Å². The SMILES string of the molecule is CC.CC.CC.CCC1CCC(C)C1N. The fourth-order valence-electron chi connectivity index (χ4n) is 1.80. The quantitative estimate of drug-likeness (QED) is 0.667. The summed E-state index contributed by atoms with van der Waals surface area (Å²) in [5, 5.41) is 0. The Morgan fingerprint density at radius 3 is 1.47 bits per heavy atom. The molecule has 0 aromatic carbocycles. The minimum atomic E-state index is 0.495. The van der Waals surface area contributed by atoms with Crippen LogP contribution in [-0.4, -0.2) is 6.04 Å². The lowest BCUT2D eigenvalue weighted by Crippen LogP contribution is -2.29. The van der Waals surface area contributed by atoms with Gasteiger partial charge in [0.05, 0.1) is 0 Å². The first-order valence-electron chi connectivity index (χ1n) is 7.01. The third-order valence-electron chi connectivity index (χ3n) is 2.72. The highest BCUT2D eigenvalue weighted by Crippen LogP contribution is 2.31. The molecular weight excluding hydrogens is 182 g/mol. The molecule has 2 N–H and O–H groups in total. The molecule has 0 aliphatic heterocycles. The van der Waals surface area contributed by atoms with Crippen molar-refractivity contribution in [2.75, 3.05) is 0 Å². The Hall–Kier alpha value is -0.0400. The Labute approximate surface area is 98.8 Å². The molecular formula is C14H35N. The van der Waals surface area contributed by atoms with Gasteiger partial charge in [0, 0.05) is 6.04 Å². The van der Waals surface area contributed by atoms with Crippen LogP contribution in [0.2, 0.25) is 0 Å². The van der Waals surface area contributed by atoms with E-state index in [1.165, 1.54) is 19.3 Å². The highest BCUT2D eigenvalue weighted by molar-refractivity contribution is 4.84. The van der Waals surface area contributed by atoms with Gasteiger partial charge < -0.3 is 5.73 Å². The van der Waals surface area contributed by atoms with Gasteiger partial charge >= 0.3 is 0 Å². The third-order valence-corrected chi connectivity index (χ3v) is 2.72. The molecule has 96 valence electrons. The van der Waals surface area contributed by atoms with Crippen LogP contribution < -0.4 is 5.73 Å². The minimum Gasteiger partial charge on any atom is -0.327 e. The first-order valence-corrected chi connectivity index (χ1v) is 7.01. The van der Waals surface area contributed by atoms with E-state index in [0.717, 1.165) is 11.8 Å². The van der Waals surface area contributed by atoms with Crippen molar-refractivity contribution < 1.29 is 0 Å². The highest BCUT2D eigenvalue weighted by Gasteiger charge is 2.28. The molecule has 0 radical (unpaired) electrons. The summed E-state index contributed by atoms with van der Waals surface area (Å²) in [5.41, 5.74) is 5.93. The largest absolute Gasteiger partial charge is 0.327 e. The Morgan fingerprint density at radius 2 is 1.33 bits per heavy atom. The molecule has 1 rings (SSSR count). The second kappa shape index (κ2) is 16.4. The van der Waals surface area contributed by atoms with Gasteiger partial charge in [0.2, 0.25) is 0 Å². The van der Waals surface area contributed by atoms with Gasteiger partial charge in [-0.05, 0) is 24.7 Å². The van der Waals surface area contributed by atoms with Crippen molar-refractivity contribution in [3.8, 4) is 0 Å². The van der Waals surface area contributed by atoms with Crippen LogP contribution in [0.3, 0.4) is 0 Å². The Morgan fingerprint density at radius 1 is 0.933 bits per heavy atom. The molecule has 0 bridgehead atoms. The van der Waals surface area contributed by atoms with E-state index < -0.39 is 0 Å². The van der Waals surface area contributed by atoms with Crippen molar-refractivity contribution in [2.24, 2.45) is 17.6 Å². The lowest BCUT2D eigenvalue weighted by Gasteiger charge is -2.15. The summed E-state index contributed by atoms with van der Waals surface area (Å²) in [4.78, 5) is 0. The van der Waals surface area contributed by atoms with Crippen molar-refractivity contribution in [1.29, 1.82) is 0 Å². The molecule has 15 heavy (non-hydrogen) atoms. The zero-order chi connectivity index (χ0) is 12.9. The molecule has 0 amide bonds. The summed E-state index contributed by atoms with van der Waals surface area (Å²) in [6.07, 6.45) is 3.98. The first kappa shape index (κ1) is 20.4. The first-order chi connectivity index (χ1) is 7.25. The van der Waals surface area contributed by atoms with Crippen molar-refractivity contribution in [3.63, 3.8) is 0 Å². The van der Waals surface area contributed by atoms with Gasteiger partial charge in [-0.3, -0.25) is 0 Å². The van der Waals surface area contributed by atoms with Gasteiger partial charge in [-0.1, -0.05) is 61.8 Å². The van der Waals surface area contributed by atoms with Crippen LogP contribution in [0, 0.1) is 11.8 Å². The predicted octanol–water partition coefficient (Wildman–Crippen LogP) is 4.85. The Bertz CT molecular complexity index is 91.3. The highest BCUT2D eigenvalue weighted by atomic mass is 14.7. The van der Waals surface area contributed by atoms with E-state index in [9.17, 15) is 0 Å². The fourth-order valence-corrected chi connectivity index (χ4v) is 1.80. The lowest BCUT2D eigenvalue weighted by molar-refractivity contribution is 0.419. The predicted molar refractivity (Wildman–Crippen MR) is 74.2 cm³/mol. The summed E-state index contributed by atoms with van der Waals surface area (Å²) in [6, 6.07) is 0.495. The van der Waals surface area contributed by atoms with Crippen molar-refractivity contribution in [1.82, 2.24) is 0 Å². The van der Waals surface area contributed by atoms with Crippen LogP contribution in [0.15, 0.2) is 0 Å². The van der Waals surface area contributed by atoms with Gasteiger partial charge in [0.1, 0.15) is 0 Å². The van der Waals surface area contributed by atoms with Gasteiger partial charge in [-0.2, -0.15) is 0 Å². The number of hydrogen-bond donors (Lipinski definition) is 1. The molecule has 1 aliphatic carbocycles. The maximum atomic E-state index is 5.93. The molecule has 0 aromatic heterocycles. The minimum absolute atomic E-state index is 0.495. The zero-order valence-corrected chi connectivity index (χ0v) is 12.4. The normalized spacial score (nSPS) is 27.4. The molecule has 1 fully saturated rings. The van der Waals surface area contributed by atoms with Crippen LogP contribution in [0.5, 0.6) is 0 Å². The van der Waals surface area contributed by atoms with Gasteiger partial charge in [-0.15, -0.1) is 0 Å². The average molecular weight is 217 g/mol. The van der Waals surface area contributed by atoms with Crippen LogP contribution in [0.4, 0.5) is 0 Å². The molecule has 0 spiro atoms. The van der Waals surface area contributed by atoms with Crippen LogP contribution in [0.25, 0.3) is 0 Å². The van der Waals surface area contributed by atoms with Gasteiger partial charge in [-0.25, -0.2) is 0 Å². The lowest BCUT2D eigenvalue weighted by atomic mass is 9.98. The van der Waals surface area contributed by atoms with Crippen LogP contribution in [0.1, 0.15) is 74.7 Å². The second-order valence-corrected chi connectivity index (χ2v) is 3.30. The third kappa shape index (κ3) is 8.92. The monoisotopic (exact) mass is 217 g/mol. The maximum absolute atomic E-state index is 5.93. The van der Waals surface area contributed by atoms with E-state index in [0.29, 0.717) is 6.04 Å². The molecule has 1 nitrogen and oxygen atoms in total. The summed E-state index contributed by atoms with van der Waals surface area (Å²) in [5.74, 6) is 1.59. The molecule has 3 unspecified atom stereocenters. The van der Waals surface area contributed by atoms with Crippen molar-refractivity contribution >= 4 is 0 Å². The van der Waals surface area contributed by atoms with Crippen molar-refractivity contribution in [3.05, 3.63) is 0 Å². The van der Waals surface area contributed by atoms with E-state index in [1.807, 2.05) is 41.5 Å². The van der Waals surface area contributed by atoms with E-state index >= 15 is 0 Å². The summed E-state index contributed by atoms with van der Waals surface area (Å²) in [7, 11) is 0. The summed E-state index contributed by atoms with van der Waals surface area (Å²) >= 11 is 0. The maximum Gasteiger partial charge on any atom is 0.00928 e. The fraction of sp³-hybridized carbons (Fsp3) is 1.00. The van der Waals surface area contributed by atoms with Crippen LogP contribution in [-0.2, 0) is 0 Å². The average Bonchev–Trinajstić information content (AvgIpc) is 2.67. The van der Waals surface area contributed by atoms with E-state index in [1.54, 1.807) is 0 Å². The van der Waals surface area contributed by atoms with Crippen LogP contribution >= 0.6 is 0 Å². The van der Waals surface area contributed by atoms with E-state index in [-0.39, 0.29) is 0 Å². The molecule has 0 aromatic rings. The number of nitrogens with two attached hydrogens (primary N) is 1. The zero-order valence-electron chi connectivity index (χ0n) is 12.4.